The summed E-state index contributed by atoms with van der Waals surface area (Å²) >= 11 is 7.41. The Morgan fingerprint density at radius 3 is 3.13 bits per heavy atom. The molecule has 1 fully saturated rings. The molecule has 5 heteroatoms. The number of hydrogen-bond acceptors (Lipinski definition) is 4. The first kappa shape index (κ1) is 11.3. The lowest BCUT2D eigenvalue weighted by Gasteiger charge is -2.34. The molecule has 2 unspecified atom stereocenters. The first-order chi connectivity index (χ1) is 7.15. The second kappa shape index (κ2) is 4.78. The molecule has 2 N–H and O–H groups in total. The average Bonchev–Trinajstić information content (AvgIpc) is 2.58. The quantitative estimate of drug-likeness (QED) is 0.866. The maximum absolute atomic E-state index is 5.98. The first-order valence-corrected chi connectivity index (χ1v) is 6.42. The van der Waals surface area contributed by atoms with Crippen molar-refractivity contribution >= 4 is 22.9 Å². The van der Waals surface area contributed by atoms with Crippen molar-refractivity contribution < 1.29 is 0 Å². The van der Waals surface area contributed by atoms with Gasteiger partial charge >= 0.3 is 0 Å². The van der Waals surface area contributed by atoms with E-state index in [2.05, 4.69) is 16.8 Å². The topological polar surface area (TPSA) is 42.2 Å². The molecule has 15 heavy (non-hydrogen) atoms. The summed E-state index contributed by atoms with van der Waals surface area (Å²) in [5.41, 5.74) is 5.98. The molecule has 84 valence electrons. The van der Waals surface area contributed by atoms with Crippen LogP contribution in [0, 0.1) is 5.92 Å². The predicted molar refractivity (Wildman–Crippen MR) is 64.2 cm³/mol. The fourth-order valence-corrected chi connectivity index (χ4v) is 2.95. The van der Waals surface area contributed by atoms with Crippen molar-refractivity contribution in [3.05, 3.63) is 15.5 Å². The van der Waals surface area contributed by atoms with Gasteiger partial charge in [-0.15, -0.1) is 11.3 Å². The standard InChI is InChI=1S/C10H16ClN3S/c1-7-5-14(3-2-8(7)12)6-10-13-4-9(11)15-10/h4,7-8H,2-3,5-6,12H2,1H3. The molecule has 0 amide bonds. The van der Waals surface area contributed by atoms with Gasteiger partial charge in [0.15, 0.2) is 0 Å². The van der Waals surface area contributed by atoms with Crippen LogP contribution in [0.4, 0.5) is 0 Å². The zero-order chi connectivity index (χ0) is 10.8. The van der Waals surface area contributed by atoms with Crippen LogP contribution in [0.25, 0.3) is 0 Å². The van der Waals surface area contributed by atoms with Gasteiger partial charge in [0.05, 0.1) is 12.7 Å². The van der Waals surface area contributed by atoms with E-state index in [0.717, 1.165) is 35.4 Å². The molecule has 0 bridgehead atoms. The fourth-order valence-electron chi connectivity index (χ4n) is 1.95. The summed E-state index contributed by atoms with van der Waals surface area (Å²) in [4.78, 5) is 6.67. The zero-order valence-electron chi connectivity index (χ0n) is 8.82. The van der Waals surface area contributed by atoms with Crippen molar-refractivity contribution in [3.8, 4) is 0 Å². The molecule has 2 atom stereocenters. The summed E-state index contributed by atoms with van der Waals surface area (Å²) < 4.78 is 0.770. The number of likely N-dealkylation sites (tertiary alicyclic amines) is 1. The molecule has 2 rings (SSSR count). The SMILES string of the molecule is CC1CN(Cc2ncc(Cl)s2)CCC1N. The van der Waals surface area contributed by atoms with Crippen LogP contribution in [0.3, 0.4) is 0 Å². The lowest BCUT2D eigenvalue weighted by atomic mass is 9.95. The van der Waals surface area contributed by atoms with Gasteiger partial charge < -0.3 is 5.73 Å². The maximum Gasteiger partial charge on any atom is 0.113 e. The van der Waals surface area contributed by atoms with Crippen LogP contribution in [0.1, 0.15) is 18.4 Å². The molecule has 3 nitrogen and oxygen atoms in total. The Hall–Kier alpha value is -0.160. The third-order valence-corrected chi connectivity index (χ3v) is 4.04. The highest BCUT2D eigenvalue weighted by Crippen LogP contribution is 2.22. The molecule has 1 saturated heterocycles. The highest BCUT2D eigenvalue weighted by Gasteiger charge is 2.23. The van der Waals surface area contributed by atoms with Crippen molar-refractivity contribution in [2.24, 2.45) is 11.7 Å². The maximum atomic E-state index is 5.98. The van der Waals surface area contributed by atoms with Crippen molar-refractivity contribution in [3.63, 3.8) is 0 Å². The second-order valence-corrected chi connectivity index (χ2v) is 5.97. The number of nitrogens with two attached hydrogens (primary N) is 1. The number of hydrogen-bond donors (Lipinski definition) is 1. The average molecular weight is 246 g/mol. The van der Waals surface area contributed by atoms with Crippen LogP contribution in [0.15, 0.2) is 6.20 Å². The van der Waals surface area contributed by atoms with Crippen molar-refractivity contribution in [1.82, 2.24) is 9.88 Å². The largest absolute Gasteiger partial charge is 0.327 e. The minimum atomic E-state index is 0.362. The normalized spacial score (nSPS) is 28.2. The lowest BCUT2D eigenvalue weighted by molar-refractivity contribution is 0.157. The molecule has 2 heterocycles. The summed E-state index contributed by atoms with van der Waals surface area (Å²) in [5, 5.41) is 1.10. The number of rotatable bonds is 2. The highest BCUT2D eigenvalue weighted by molar-refractivity contribution is 7.15. The van der Waals surface area contributed by atoms with Crippen LogP contribution in [-0.4, -0.2) is 29.0 Å². The summed E-state index contributed by atoms with van der Waals surface area (Å²) in [6.45, 7) is 5.27. The molecular formula is C10H16ClN3S. The number of piperidine rings is 1. The van der Waals surface area contributed by atoms with Crippen LogP contribution in [0.2, 0.25) is 4.34 Å². The number of nitrogens with zero attached hydrogens (tertiary/aromatic N) is 2. The third kappa shape index (κ3) is 2.91. The lowest BCUT2D eigenvalue weighted by Crippen LogP contribution is -2.45. The fraction of sp³-hybridized carbons (Fsp3) is 0.700. The van der Waals surface area contributed by atoms with E-state index in [1.807, 2.05) is 0 Å². The number of aromatic nitrogens is 1. The summed E-state index contributed by atoms with van der Waals surface area (Å²) in [6.07, 6.45) is 2.81. The van der Waals surface area contributed by atoms with Crippen molar-refractivity contribution in [2.75, 3.05) is 13.1 Å². The number of halogens is 1. The Morgan fingerprint density at radius 1 is 1.73 bits per heavy atom. The molecule has 0 spiro atoms. The van der Waals surface area contributed by atoms with Gasteiger partial charge in [-0.1, -0.05) is 18.5 Å². The van der Waals surface area contributed by atoms with E-state index in [9.17, 15) is 0 Å². The Balaban J connectivity index is 1.90. The highest BCUT2D eigenvalue weighted by atomic mass is 35.5. The smallest absolute Gasteiger partial charge is 0.113 e. The zero-order valence-corrected chi connectivity index (χ0v) is 10.4. The molecule has 1 aliphatic heterocycles. The van der Waals surface area contributed by atoms with E-state index < -0.39 is 0 Å². The van der Waals surface area contributed by atoms with Crippen LogP contribution in [-0.2, 0) is 6.54 Å². The Bertz CT molecular complexity index is 328. The van der Waals surface area contributed by atoms with Gasteiger partial charge in [0.2, 0.25) is 0 Å². The summed E-state index contributed by atoms with van der Waals surface area (Å²) in [6, 6.07) is 0.362. The van der Waals surface area contributed by atoms with E-state index in [1.54, 1.807) is 17.5 Å². The molecule has 0 aliphatic carbocycles. The third-order valence-electron chi connectivity index (χ3n) is 2.94. The molecule has 0 saturated carbocycles. The van der Waals surface area contributed by atoms with Gasteiger partial charge in [-0.2, -0.15) is 0 Å². The van der Waals surface area contributed by atoms with Crippen LogP contribution < -0.4 is 5.73 Å². The van der Waals surface area contributed by atoms with Gasteiger partial charge in [-0.3, -0.25) is 4.90 Å². The molecule has 1 aliphatic rings. The van der Waals surface area contributed by atoms with Crippen LogP contribution >= 0.6 is 22.9 Å². The van der Waals surface area contributed by atoms with Gasteiger partial charge in [0, 0.05) is 19.1 Å². The van der Waals surface area contributed by atoms with Gasteiger partial charge in [-0.05, 0) is 12.3 Å². The van der Waals surface area contributed by atoms with E-state index in [0.29, 0.717) is 12.0 Å². The van der Waals surface area contributed by atoms with E-state index in [-0.39, 0.29) is 0 Å². The number of thiazole rings is 1. The Morgan fingerprint density at radius 2 is 2.53 bits per heavy atom. The van der Waals surface area contributed by atoms with Crippen molar-refractivity contribution in [2.45, 2.75) is 25.9 Å². The van der Waals surface area contributed by atoms with Gasteiger partial charge in [-0.25, -0.2) is 4.98 Å². The first-order valence-electron chi connectivity index (χ1n) is 5.23. The van der Waals surface area contributed by atoms with Crippen LogP contribution in [0.5, 0.6) is 0 Å². The van der Waals surface area contributed by atoms with E-state index in [1.165, 1.54) is 0 Å². The van der Waals surface area contributed by atoms with E-state index >= 15 is 0 Å². The molecule has 0 aromatic carbocycles. The minimum absolute atomic E-state index is 0.362. The Kier molecular flexibility index (Phi) is 3.61. The molecule has 1 aromatic heterocycles. The summed E-state index contributed by atoms with van der Waals surface area (Å²) in [5.74, 6) is 0.578. The van der Waals surface area contributed by atoms with Gasteiger partial charge in [0.1, 0.15) is 9.34 Å². The molecule has 0 radical (unpaired) electrons. The van der Waals surface area contributed by atoms with E-state index in [4.69, 9.17) is 17.3 Å². The summed E-state index contributed by atoms with van der Waals surface area (Å²) in [7, 11) is 0. The molecular weight excluding hydrogens is 230 g/mol. The van der Waals surface area contributed by atoms with Gasteiger partial charge in [0.25, 0.3) is 0 Å². The predicted octanol–water partition coefficient (Wildman–Crippen LogP) is 1.97. The van der Waals surface area contributed by atoms with Crippen molar-refractivity contribution in [1.29, 1.82) is 0 Å². The minimum Gasteiger partial charge on any atom is -0.327 e. The molecule has 1 aromatic rings. The monoisotopic (exact) mass is 245 g/mol. The Labute approximate surface area is 99.2 Å². The second-order valence-electron chi connectivity index (χ2n) is 4.22.